The second-order valence-corrected chi connectivity index (χ2v) is 4.76. The second kappa shape index (κ2) is 5.92. The summed E-state index contributed by atoms with van der Waals surface area (Å²) in [6.45, 7) is 0. The Bertz CT molecular complexity index is 949. The van der Waals surface area contributed by atoms with Gasteiger partial charge in [-0.2, -0.15) is 0 Å². The minimum atomic E-state index is -0.823. The maximum absolute atomic E-state index is 13.6. The van der Waals surface area contributed by atoms with Crippen molar-refractivity contribution < 1.29 is 18.3 Å². The molecule has 0 radical (unpaired) electrons. The number of ether oxygens (including phenoxy) is 1. The first-order chi connectivity index (χ1) is 11.1. The van der Waals surface area contributed by atoms with Crippen LogP contribution in [0.1, 0.15) is 10.4 Å². The number of benzene rings is 2. The summed E-state index contributed by atoms with van der Waals surface area (Å²) in [5.41, 5.74) is -0.796. The number of para-hydroxylation sites is 2. The van der Waals surface area contributed by atoms with E-state index in [0.29, 0.717) is 11.1 Å². The van der Waals surface area contributed by atoms with E-state index < -0.39 is 17.3 Å². The first-order valence-corrected chi connectivity index (χ1v) is 6.77. The standard InChI is InChI=1S/C17H12FNO4/c1-22-14-8-4-5-10-9-11(17(21)23-15(10)14)16(20)19-13-7-3-2-6-12(13)18/h2-9H,1H3,(H,19,20). The number of carbonyl (C=O) groups excluding carboxylic acids is 1. The maximum atomic E-state index is 13.6. The fourth-order valence-electron chi connectivity index (χ4n) is 2.19. The van der Waals surface area contributed by atoms with Crippen LogP contribution in [0.25, 0.3) is 11.0 Å². The number of amides is 1. The molecule has 3 aromatic rings. The highest BCUT2D eigenvalue weighted by molar-refractivity contribution is 6.05. The molecule has 0 fully saturated rings. The van der Waals surface area contributed by atoms with E-state index in [9.17, 15) is 14.0 Å². The van der Waals surface area contributed by atoms with Gasteiger partial charge in [0.1, 0.15) is 11.4 Å². The molecule has 3 rings (SSSR count). The van der Waals surface area contributed by atoms with Crippen LogP contribution in [0.2, 0.25) is 0 Å². The zero-order valence-electron chi connectivity index (χ0n) is 12.1. The SMILES string of the molecule is COc1cccc2cc(C(=O)Nc3ccccc3F)c(=O)oc12. The highest BCUT2D eigenvalue weighted by Gasteiger charge is 2.16. The van der Waals surface area contributed by atoms with Crippen LogP contribution in [-0.2, 0) is 0 Å². The highest BCUT2D eigenvalue weighted by atomic mass is 19.1. The van der Waals surface area contributed by atoms with E-state index in [1.165, 1.54) is 31.4 Å². The Balaban J connectivity index is 2.03. The van der Waals surface area contributed by atoms with Gasteiger partial charge in [0.05, 0.1) is 12.8 Å². The average molecular weight is 313 g/mol. The molecule has 5 nitrogen and oxygen atoms in total. The number of hydrogen-bond acceptors (Lipinski definition) is 4. The summed E-state index contributed by atoms with van der Waals surface area (Å²) in [7, 11) is 1.45. The number of fused-ring (bicyclic) bond motifs is 1. The monoisotopic (exact) mass is 313 g/mol. The molecule has 0 unspecified atom stereocenters. The van der Waals surface area contributed by atoms with Crippen LogP contribution in [0.3, 0.4) is 0 Å². The third-order valence-corrected chi connectivity index (χ3v) is 3.31. The molecule has 1 heterocycles. The van der Waals surface area contributed by atoms with Crippen molar-refractivity contribution in [2.24, 2.45) is 0 Å². The molecular formula is C17H12FNO4. The maximum Gasteiger partial charge on any atom is 0.349 e. The molecule has 1 amide bonds. The van der Waals surface area contributed by atoms with Crippen molar-refractivity contribution in [3.8, 4) is 5.75 Å². The molecule has 23 heavy (non-hydrogen) atoms. The topological polar surface area (TPSA) is 68.5 Å². The first kappa shape index (κ1) is 14.8. The smallest absolute Gasteiger partial charge is 0.349 e. The highest BCUT2D eigenvalue weighted by Crippen LogP contribution is 2.24. The third kappa shape index (κ3) is 2.78. The van der Waals surface area contributed by atoms with Crippen molar-refractivity contribution in [1.82, 2.24) is 0 Å². The molecule has 116 valence electrons. The molecule has 0 aliphatic carbocycles. The lowest BCUT2D eigenvalue weighted by Gasteiger charge is -2.07. The fraction of sp³-hybridized carbons (Fsp3) is 0.0588. The lowest BCUT2D eigenvalue weighted by Crippen LogP contribution is -2.21. The van der Waals surface area contributed by atoms with E-state index >= 15 is 0 Å². The number of anilines is 1. The van der Waals surface area contributed by atoms with E-state index in [-0.39, 0.29) is 16.8 Å². The van der Waals surface area contributed by atoms with Crippen LogP contribution in [-0.4, -0.2) is 13.0 Å². The molecule has 0 aliphatic rings. The number of carbonyl (C=O) groups is 1. The van der Waals surface area contributed by atoms with Crippen LogP contribution in [0.4, 0.5) is 10.1 Å². The van der Waals surface area contributed by atoms with Gasteiger partial charge in [-0.3, -0.25) is 4.79 Å². The summed E-state index contributed by atoms with van der Waals surface area (Å²) < 4.78 is 23.9. The van der Waals surface area contributed by atoms with Crippen molar-refractivity contribution in [3.05, 3.63) is 70.3 Å². The Morgan fingerprint density at radius 2 is 1.96 bits per heavy atom. The van der Waals surface area contributed by atoms with Gasteiger partial charge in [0, 0.05) is 5.39 Å². The number of methoxy groups -OCH3 is 1. The molecular weight excluding hydrogens is 301 g/mol. The van der Waals surface area contributed by atoms with E-state index in [0.717, 1.165) is 0 Å². The van der Waals surface area contributed by atoms with E-state index in [1.807, 2.05) is 0 Å². The lowest BCUT2D eigenvalue weighted by atomic mass is 10.1. The van der Waals surface area contributed by atoms with Gasteiger partial charge in [0.15, 0.2) is 11.3 Å². The summed E-state index contributed by atoms with van der Waals surface area (Å²) in [5, 5.41) is 2.89. The molecule has 0 saturated carbocycles. The van der Waals surface area contributed by atoms with E-state index in [4.69, 9.17) is 9.15 Å². The Kier molecular flexibility index (Phi) is 3.80. The Labute approximate surface area is 130 Å². The Hall–Kier alpha value is -3.15. The summed E-state index contributed by atoms with van der Waals surface area (Å²) in [6.07, 6.45) is 0. The van der Waals surface area contributed by atoms with Gasteiger partial charge in [-0.15, -0.1) is 0 Å². The van der Waals surface area contributed by atoms with Gasteiger partial charge in [-0.05, 0) is 24.3 Å². The summed E-state index contributed by atoms with van der Waals surface area (Å²) in [4.78, 5) is 24.3. The largest absolute Gasteiger partial charge is 0.493 e. The number of nitrogens with one attached hydrogen (secondary N) is 1. The van der Waals surface area contributed by atoms with Gasteiger partial charge in [0.2, 0.25) is 0 Å². The number of halogens is 1. The van der Waals surface area contributed by atoms with E-state index in [2.05, 4.69) is 5.32 Å². The van der Waals surface area contributed by atoms with Crippen LogP contribution in [0.5, 0.6) is 5.75 Å². The molecule has 0 aliphatic heterocycles. The molecule has 0 atom stereocenters. The van der Waals surface area contributed by atoms with E-state index in [1.54, 1.807) is 24.3 Å². The minimum absolute atomic E-state index is 0.0114. The molecule has 0 spiro atoms. The molecule has 6 heteroatoms. The normalized spacial score (nSPS) is 10.5. The van der Waals surface area contributed by atoms with Gasteiger partial charge in [0.25, 0.3) is 5.91 Å². The van der Waals surface area contributed by atoms with Crippen LogP contribution in [0, 0.1) is 5.82 Å². The number of rotatable bonds is 3. The van der Waals surface area contributed by atoms with Crippen LogP contribution >= 0.6 is 0 Å². The minimum Gasteiger partial charge on any atom is -0.493 e. The molecule has 2 aromatic carbocycles. The fourth-order valence-corrected chi connectivity index (χ4v) is 2.19. The zero-order valence-corrected chi connectivity index (χ0v) is 12.1. The van der Waals surface area contributed by atoms with Gasteiger partial charge in [-0.25, -0.2) is 9.18 Å². The number of hydrogen-bond donors (Lipinski definition) is 1. The van der Waals surface area contributed by atoms with Gasteiger partial charge in [-0.1, -0.05) is 24.3 Å². The van der Waals surface area contributed by atoms with Crippen molar-refractivity contribution in [2.45, 2.75) is 0 Å². The van der Waals surface area contributed by atoms with Gasteiger partial charge < -0.3 is 14.5 Å². The summed E-state index contributed by atoms with van der Waals surface area (Å²) in [5.74, 6) is -0.943. The summed E-state index contributed by atoms with van der Waals surface area (Å²) in [6, 6.07) is 12.1. The molecule has 0 bridgehead atoms. The van der Waals surface area contributed by atoms with Crippen molar-refractivity contribution >= 4 is 22.6 Å². The second-order valence-electron chi connectivity index (χ2n) is 4.76. The predicted octanol–water partition coefficient (Wildman–Crippen LogP) is 3.19. The molecule has 1 N–H and O–H groups in total. The quantitative estimate of drug-likeness (QED) is 0.754. The van der Waals surface area contributed by atoms with Crippen LogP contribution in [0.15, 0.2) is 57.7 Å². The Morgan fingerprint density at radius 1 is 1.17 bits per heavy atom. The van der Waals surface area contributed by atoms with Crippen LogP contribution < -0.4 is 15.7 Å². The van der Waals surface area contributed by atoms with Crippen molar-refractivity contribution in [3.63, 3.8) is 0 Å². The van der Waals surface area contributed by atoms with Gasteiger partial charge >= 0.3 is 5.63 Å². The zero-order chi connectivity index (χ0) is 16.4. The third-order valence-electron chi connectivity index (χ3n) is 3.31. The lowest BCUT2D eigenvalue weighted by molar-refractivity contribution is 0.102. The first-order valence-electron chi connectivity index (χ1n) is 6.77. The molecule has 1 aromatic heterocycles. The van der Waals surface area contributed by atoms with Crippen molar-refractivity contribution in [2.75, 3.05) is 12.4 Å². The molecule has 0 saturated heterocycles. The average Bonchev–Trinajstić information content (AvgIpc) is 2.55. The Morgan fingerprint density at radius 3 is 2.70 bits per heavy atom. The summed E-state index contributed by atoms with van der Waals surface area (Å²) >= 11 is 0. The van der Waals surface area contributed by atoms with Crippen molar-refractivity contribution in [1.29, 1.82) is 0 Å². The predicted molar refractivity (Wildman–Crippen MR) is 83.4 cm³/mol.